The molecule has 134 valence electrons. The van der Waals surface area contributed by atoms with Gasteiger partial charge in [0.2, 0.25) is 0 Å². The normalized spacial score (nSPS) is 23.8. The van der Waals surface area contributed by atoms with Crippen molar-refractivity contribution in [2.75, 3.05) is 13.6 Å². The van der Waals surface area contributed by atoms with Crippen LogP contribution in [0.4, 0.5) is 0 Å². The van der Waals surface area contributed by atoms with Gasteiger partial charge in [-0.2, -0.15) is 0 Å². The molecule has 3 unspecified atom stereocenters. The number of aryl methyl sites for hydroxylation is 1. The maximum Gasteiger partial charge on any atom is 0.0836 e. The van der Waals surface area contributed by atoms with E-state index in [1.54, 1.807) is 12.4 Å². The molecule has 5 rings (SSSR count). The largest absolute Gasteiger partial charge is 0.388 e. The number of aliphatic hydroxyl groups excluding tert-OH is 1. The molecule has 0 saturated carbocycles. The van der Waals surface area contributed by atoms with E-state index in [1.807, 2.05) is 12.1 Å². The molecule has 2 aliphatic rings. The predicted octanol–water partition coefficient (Wildman–Crippen LogP) is 3.63. The molecule has 0 radical (unpaired) electrons. The number of likely N-dealkylation sites (N-methyl/N-ethyl adjacent to an activating group) is 1. The maximum absolute atomic E-state index is 11.0. The summed E-state index contributed by atoms with van der Waals surface area (Å²) in [6.45, 7) is 5.15. The molecule has 0 spiro atoms. The van der Waals surface area contributed by atoms with Gasteiger partial charge in [0.05, 0.1) is 6.10 Å². The van der Waals surface area contributed by atoms with Gasteiger partial charge < -0.3 is 14.6 Å². The number of hydrogen-bond acceptors (Lipinski definition) is 3. The molecular formula is C22H25N3O. The lowest BCUT2D eigenvalue weighted by atomic mass is 9.80. The first-order valence-corrected chi connectivity index (χ1v) is 9.50. The van der Waals surface area contributed by atoms with E-state index >= 15 is 0 Å². The van der Waals surface area contributed by atoms with Gasteiger partial charge in [-0.3, -0.25) is 4.98 Å². The molecule has 0 fully saturated rings. The van der Waals surface area contributed by atoms with Gasteiger partial charge in [-0.1, -0.05) is 11.6 Å². The zero-order valence-corrected chi connectivity index (χ0v) is 15.4. The number of hydrogen-bond donors (Lipinski definition) is 1. The topological polar surface area (TPSA) is 41.3 Å². The minimum atomic E-state index is -0.440. The van der Waals surface area contributed by atoms with Crippen molar-refractivity contribution in [3.05, 3.63) is 65.1 Å². The number of fused-ring (bicyclic) bond motifs is 3. The zero-order chi connectivity index (χ0) is 17.8. The minimum absolute atomic E-state index is 0.228. The third-order valence-corrected chi connectivity index (χ3v) is 6.21. The van der Waals surface area contributed by atoms with Gasteiger partial charge >= 0.3 is 0 Å². The highest BCUT2D eigenvalue weighted by Crippen LogP contribution is 2.45. The average molecular weight is 347 g/mol. The van der Waals surface area contributed by atoms with Crippen LogP contribution >= 0.6 is 0 Å². The van der Waals surface area contributed by atoms with Crippen molar-refractivity contribution < 1.29 is 5.11 Å². The highest BCUT2D eigenvalue weighted by Gasteiger charge is 2.38. The number of benzene rings is 1. The maximum atomic E-state index is 11.0. The van der Waals surface area contributed by atoms with Gasteiger partial charge in [0.25, 0.3) is 0 Å². The van der Waals surface area contributed by atoms with Crippen LogP contribution in [0.15, 0.2) is 42.7 Å². The first-order chi connectivity index (χ1) is 12.6. The Kier molecular flexibility index (Phi) is 3.66. The van der Waals surface area contributed by atoms with Crippen molar-refractivity contribution in [2.24, 2.45) is 5.92 Å². The van der Waals surface area contributed by atoms with Crippen LogP contribution in [0.1, 0.15) is 40.8 Å². The van der Waals surface area contributed by atoms with Crippen LogP contribution in [0.5, 0.6) is 0 Å². The van der Waals surface area contributed by atoms with Gasteiger partial charge in [-0.05, 0) is 55.8 Å². The van der Waals surface area contributed by atoms with Gasteiger partial charge in [0, 0.05) is 60.5 Å². The molecule has 3 atom stereocenters. The lowest BCUT2D eigenvalue weighted by Crippen LogP contribution is -2.37. The number of rotatable bonds is 2. The van der Waals surface area contributed by atoms with E-state index in [-0.39, 0.29) is 5.92 Å². The third kappa shape index (κ3) is 2.40. The van der Waals surface area contributed by atoms with E-state index in [4.69, 9.17) is 0 Å². The summed E-state index contributed by atoms with van der Waals surface area (Å²) in [4.78, 5) is 6.52. The molecule has 0 saturated heterocycles. The Balaban J connectivity index is 1.62. The summed E-state index contributed by atoms with van der Waals surface area (Å²) in [5.74, 6) is 0.720. The quantitative estimate of drug-likeness (QED) is 0.770. The Morgan fingerprint density at radius 2 is 1.96 bits per heavy atom. The van der Waals surface area contributed by atoms with Crippen LogP contribution in [0.2, 0.25) is 0 Å². The Morgan fingerprint density at radius 3 is 2.77 bits per heavy atom. The molecule has 4 heteroatoms. The fraction of sp³-hybridized carbons (Fsp3) is 0.409. The smallest absolute Gasteiger partial charge is 0.0836 e. The van der Waals surface area contributed by atoms with E-state index in [2.05, 4.69) is 46.6 Å². The van der Waals surface area contributed by atoms with Crippen LogP contribution in [0.25, 0.3) is 10.9 Å². The average Bonchev–Trinajstić information content (AvgIpc) is 2.95. The van der Waals surface area contributed by atoms with Crippen LogP contribution in [0, 0.1) is 12.8 Å². The highest BCUT2D eigenvalue weighted by molar-refractivity contribution is 5.87. The van der Waals surface area contributed by atoms with Gasteiger partial charge in [-0.25, -0.2) is 0 Å². The molecule has 3 aromatic rings. The van der Waals surface area contributed by atoms with Gasteiger partial charge in [0.1, 0.15) is 0 Å². The molecule has 4 heterocycles. The first-order valence-electron chi connectivity index (χ1n) is 9.50. The summed E-state index contributed by atoms with van der Waals surface area (Å²) < 4.78 is 2.50. The lowest BCUT2D eigenvalue weighted by molar-refractivity contribution is 0.0718. The van der Waals surface area contributed by atoms with E-state index in [9.17, 15) is 5.11 Å². The van der Waals surface area contributed by atoms with Crippen molar-refractivity contribution in [2.45, 2.75) is 38.5 Å². The number of aliphatic hydroxyl groups is 1. The molecule has 0 aliphatic carbocycles. The van der Waals surface area contributed by atoms with Crippen molar-refractivity contribution >= 4 is 10.9 Å². The second-order valence-electron chi connectivity index (χ2n) is 8.11. The van der Waals surface area contributed by atoms with Crippen LogP contribution in [-0.4, -0.2) is 33.1 Å². The number of pyridine rings is 1. The minimum Gasteiger partial charge on any atom is -0.388 e. The summed E-state index contributed by atoms with van der Waals surface area (Å²) in [7, 11) is 2.21. The van der Waals surface area contributed by atoms with Crippen LogP contribution in [-0.2, 0) is 13.1 Å². The highest BCUT2D eigenvalue weighted by atomic mass is 16.3. The first kappa shape index (κ1) is 16.0. The van der Waals surface area contributed by atoms with Gasteiger partial charge in [0.15, 0.2) is 0 Å². The Morgan fingerprint density at radius 1 is 1.15 bits per heavy atom. The van der Waals surface area contributed by atoms with E-state index in [0.717, 1.165) is 31.6 Å². The lowest BCUT2D eigenvalue weighted by Gasteiger charge is -2.39. The summed E-state index contributed by atoms with van der Waals surface area (Å²) in [5, 5.41) is 12.4. The molecule has 4 nitrogen and oxygen atoms in total. The Hall–Kier alpha value is -2.17. The van der Waals surface area contributed by atoms with E-state index < -0.39 is 6.10 Å². The van der Waals surface area contributed by atoms with Gasteiger partial charge in [-0.15, -0.1) is 0 Å². The summed E-state index contributed by atoms with van der Waals surface area (Å²) in [5.41, 5.74) is 6.63. The third-order valence-electron chi connectivity index (χ3n) is 6.21. The van der Waals surface area contributed by atoms with E-state index in [1.165, 1.54) is 27.7 Å². The molecule has 1 aromatic carbocycles. The fourth-order valence-corrected chi connectivity index (χ4v) is 5.11. The molecule has 1 N–H and O–H groups in total. The van der Waals surface area contributed by atoms with Crippen LogP contribution < -0.4 is 0 Å². The zero-order valence-electron chi connectivity index (χ0n) is 15.4. The standard InChI is InChI=1S/C22H25N3O/c1-14-3-4-20-18(9-14)19-13-24(2)11-16-10-17(12-25(20)21(16)19)22(26)15-5-7-23-8-6-15/h3-9,16-17,22,26H,10-13H2,1-2H3. The molecule has 0 amide bonds. The van der Waals surface area contributed by atoms with E-state index in [0.29, 0.717) is 5.92 Å². The van der Waals surface area contributed by atoms with Crippen LogP contribution in [0.3, 0.4) is 0 Å². The molecular weight excluding hydrogens is 322 g/mol. The van der Waals surface area contributed by atoms with Crippen molar-refractivity contribution in [1.29, 1.82) is 0 Å². The molecule has 2 aliphatic heterocycles. The van der Waals surface area contributed by atoms with Crippen molar-refractivity contribution in [3.63, 3.8) is 0 Å². The van der Waals surface area contributed by atoms with Crippen molar-refractivity contribution in [3.8, 4) is 0 Å². The predicted molar refractivity (Wildman–Crippen MR) is 103 cm³/mol. The SMILES string of the molecule is Cc1ccc2c(c1)c1c3n2CC(C(O)c2ccncc2)CC3CN(C)C1. The second kappa shape index (κ2) is 5.93. The summed E-state index contributed by atoms with van der Waals surface area (Å²) >= 11 is 0. The second-order valence-corrected chi connectivity index (χ2v) is 8.11. The summed E-state index contributed by atoms with van der Waals surface area (Å²) in [6, 6.07) is 10.7. The summed E-state index contributed by atoms with van der Waals surface area (Å²) in [6.07, 6.45) is 4.14. The Labute approximate surface area is 154 Å². The molecule has 0 bridgehead atoms. The van der Waals surface area contributed by atoms with Crippen molar-refractivity contribution in [1.82, 2.24) is 14.5 Å². The Bertz CT molecular complexity index is 962. The number of aromatic nitrogens is 2. The number of nitrogens with zero attached hydrogens (tertiary/aromatic N) is 3. The monoisotopic (exact) mass is 347 g/mol. The fourth-order valence-electron chi connectivity index (χ4n) is 5.11. The molecule has 26 heavy (non-hydrogen) atoms. The molecule has 2 aromatic heterocycles.